The van der Waals surface area contributed by atoms with Crippen LogP contribution in [0.1, 0.15) is 6.42 Å². The molecule has 0 unspecified atom stereocenters. The number of hydrogen-bond donors (Lipinski definition) is 4. The number of amidine groups is 1. The summed E-state index contributed by atoms with van der Waals surface area (Å²) < 4.78 is 0. The van der Waals surface area contributed by atoms with Crippen LogP contribution in [-0.4, -0.2) is 36.2 Å². The SMILES string of the molecule is Br.N=C(N)CCNC(=O)N1C=NC(S)=CC1. The minimum Gasteiger partial charge on any atom is -0.388 e. The molecule has 0 aromatic rings. The van der Waals surface area contributed by atoms with Crippen LogP contribution in [0, 0.1) is 5.41 Å². The number of aliphatic imine (C=N–C) groups is 1. The molecule has 0 saturated carbocycles. The Hall–Kier alpha value is -1.02. The molecule has 0 aromatic carbocycles. The molecule has 16 heavy (non-hydrogen) atoms. The van der Waals surface area contributed by atoms with Gasteiger partial charge in [-0.15, -0.1) is 29.6 Å². The van der Waals surface area contributed by atoms with E-state index in [2.05, 4.69) is 22.9 Å². The number of nitrogens with one attached hydrogen (secondary N) is 2. The monoisotopic (exact) mass is 307 g/mol. The van der Waals surface area contributed by atoms with Gasteiger partial charge in [-0.3, -0.25) is 10.3 Å². The van der Waals surface area contributed by atoms with E-state index in [0.29, 0.717) is 24.5 Å². The first-order valence-corrected chi connectivity index (χ1v) is 4.85. The summed E-state index contributed by atoms with van der Waals surface area (Å²) in [5, 5.41) is 10.2. The van der Waals surface area contributed by atoms with Gasteiger partial charge in [0, 0.05) is 19.5 Å². The van der Waals surface area contributed by atoms with Crippen molar-refractivity contribution in [2.75, 3.05) is 13.1 Å². The van der Waals surface area contributed by atoms with Gasteiger partial charge in [0.2, 0.25) is 0 Å². The van der Waals surface area contributed by atoms with Gasteiger partial charge in [-0.25, -0.2) is 9.79 Å². The Bertz CT molecular complexity index is 330. The molecule has 0 saturated heterocycles. The molecule has 0 atom stereocenters. The Morgan fingerprint density at radius 1 is 1.75 bits per heavy atom. The normalized spacial score (nSPS) is 13.8. The molecule has 0 aromatic heterocycles. The maximum Gasteiger partial charge on any atom is 0.322 e. The second-order valence-corrected chi connectivity index (χ2v) is 3.42. The van der Waals surface area contributed by atoms with E-state index in [1.807, 2.05) is 0 Å². The van der Waals surface area contributed by atoms with Crippen LogP contribution in [0.4, 0.5) is 4.79 Å². The molecule has 0 bridgehead atoms. The third kappa shape index (κ3) is 5.17. The topological polar surface area (TPSA) is 94.6 Å². The first-order valence-electron chi connectivity index (χ1n) is 4.40. The first kappa shape index (κ1) is 15.0. The van der Waals surface area contributed by atoms with Crippen molar-refractivity contribution in [2.24, 2.45) is 10.7 Å². The first-order chi connectivity index (χ1) is 7.09. The molecule has 1 heterocycles. The molecular formula is C8H14BrN5OS. The van der Waals surface area contributed by atoms with E-state index < -0.39 is 0 Å². The van der Waals surface area contributed by atoms with E-state index >= 15 is 0 Å². The second kappa shape index (κ2) is 7.29. The molecule has 0 spiro atoms. The average molecular weight is 308 g/mol. The highest BCUT2D eigenvalue weighted by atomic mass is 79.9. The Kier molecular flexibility index (Phi) is 6.82. The van der Waals surface area contributed by atoms with Crippen molar-refractivity contribution < 1.29 is 4.79 Å². The highest BCUT2D eigenvalue weighted by Crippen LogP contribution is 2.06. The number of nitrogens with zero attached hydrogens (tertiary/aromatic N) is 2. The Morgan fingerprint density at radius 2 is 2.44 bits per heavy atom. The number of urea groups is 1. The van der Waals surface area contributed by atoms with Crippen LogP contribution in [-0.2, 0) is 0 Å². The third-order valence-corrected chi connectivity index (χ3v) is 2.03. The zero-order chi connectivity index (χ0) is 11.3. The lowest BCUT2D eigenvalue weighted by molar-refractivity contribution is 0.224. The van der Waals surface area contributed by atoms with Crippen molar-refractivity contribution >= 4 is 47.8 Å². The maximum absolute atomic E-state index is 11.4. The van der Waals surface area contributed by atoms with E-state index in [-0.39, 0.29) is 28.8 Å². The number of thiol groups is 1. The number of rotatable bonds is 3. The number of halogens is 1. The number of nitrogens with two attached hydrogens (primary N) is 1. The lowest BCUT2D eigenvalue weighted by Crippen LogP contribution is -2.41. The van der Waals surface area contributed by atoms with Crippen molar-refractivity contribution in [1.82, 2.24) is 10.2 Å². The standard InChI is InChI=1S/C8H13N5OS.BrH/c9-6(10)1-3-11-8(14)13-4-2-7(15)12-5-13;/h2,5,15H,1,3-4H2,(H3,9,10)(H,11,14);1H. The summed E-state index contributed by atoms with van der Waals surface area (Å²) >= 11 is 4.03. The lowest BCUT2D eigenvalue weighted by atomic mass is 10.4. The van der Waals surface area contributed by atoms with E-state index in [1.54, 1.807) is 6.08 Å². The van der Waals surface area contributed by atoms with Crippen LogP contribution in [0.15, 0.2) is 16.1 Å². The number of carbonyl (C=O) groups excluding carboxylic acids is 1. The number of carbonyl (C=O) groups is 1. The number of amides is 2. The molecule has 1 aliphatic rings. The molecule has 0 radical (unpaired) electrons. The van der Waals surface area contributed by atoms with E-state index in [9.17, 15) is 4.79 Å². The molecule has 0 aliphatic carbocycles. The highest BCUT2D eigenvalue weighted by molar-refractivity contribution is 8.93. The molecule has 4 N–H and O–H groups in total. The third-order valence-electron chi connectivity index (χ3n) is 1.73. The number of hydrogen-bond acceptors (Lipinski definition) is 4. The smallest absolute Gasteiger partial charge is 0.322 e. The van der Waals surface area contributed by atoms with Crippen molar-refractivity contribution in [2.45, 2.75) is 6.42 Å². The van der Waals surface area contributed by atoms with E-state index in [1.165, 1.54) is 11.2 Å². The molecule has 1 rings (SSSR count). The van der Waals surface area contributed by atoms with E-state index in [4.69, 9.17) is 11.1 Å². The summed E-state index contributed by atoms with van der Waals surface area (Å²) in [6, 6.07) is -0.253. The summed E-state index contributed by atoms with van der Waals surface area (Å²) in [6.45, 7) is 0.810. The summed E-state index contributed by atoms with van der Waals surface area (Å²) in [5.74, 6) is 0.0557. The molecule has 2 amide bonds. The fourth-order valence-electron chi connectivity index (χ4n) is 0.950. The van der Waals surface area contributed by atoms with Crippen LogP contribution < -0.4 is 11.1 Å². The molecule has 8 heteroatoms. The van der Waals surface area contributed by atoms with Gasteiger partial charge in [-0.05, 0) is 6.08 Å². The van der Waals surface area contributed by atoms with Crippen molar-refractivity contribution in [1.29, 1.82) is 5.41 Å². The van der Waals surface area contributed by atoms with Gasteiger partial charge < -0.3 is 11.1 Å². The summed E-state index contributed by atoms with van der Waals surface area (Å²) in [4.78, 5) is 16.7. The van der Waals surface area contributed by atoms with Gasteiger partial charge >= 0.3 is 6.03 Å². The van der Waals surface area contributed by atoms with Gasteiger partial charge in [-0.1, -0.05) is 0 Å². The van der Waals surface area contributed by atoms with Crippen molar-refractivity contribution in [3.8, 4) is 0 Å². The van der Waals surface area contributed by atoms with Crippen molar-refractivity contribution in [3.05, 3.63) is 11.1 Å². The van der Waals surface area contributed by atoms with Crippen LogP contribution in [0.25, 0.3) is 0 Å². The van der Waals surface area contributed by atoms with Gasteiger partial charge in [0.05, 0.1) is 10.9 Å². The fraction of sp³-hybridized carbons (Fsp3) is 0.375. The van der Waals surface area contributed by atoms with Gasteiger partial charge in [0.15, 0.2) is 0 Å². The zero-order valence-corrected chi connectivity index (χ0v) is 11.1. The maximum atomic E-state index is 11.4. The predicted molar refractivity (Wildman–Crippen MR) is 72.5 cm³/mol. The second-order valence-electron chi connectivity index (χ2n) is 2.97. The van der Waals surface area contributed by atoms with Gasteiger partial charge in [0.25, 0.3) is 0 Å². The minimum absolute atomic E-state index is 0. The summed E-state index contributed by atoms with van der Waals surface area (Å²) in [5.41, 5.74) is 5.15. The quantitative estimate of drug-likeness (QED) is 0.351. The Balaban J connectivity index is 0.00000225. The van der Waals surface area contributed by atoms with Crippen molar-refractivity contribution in [3.63, 3.8) is 0 Å². The predicted octanol–water partition coefficient (Wildman–Crippen LogP) is 0.715. The Labute approximate surface area is 110 Å². The van der Waals surface area contributed by atoms with Crippen LogP contribution >= 0.6 is 29.6 Å². The van der Waals surface area contributed by atoms with Crippen LogP contribution in [0.5, 0.6) is 0 Å². The lowest BCUT2D eigenvalue weighted by Gasteiger charge is -2.18. The van der Waals surface area contributed by atoms with Gasteiger partial charge in [-0.2, -0.15) is 0 Å². The van der Waals surface area contributed by atoms with Crippen LogP contribution in [0.3, 0.4) is 0 Å². The highest BCUT2D eigenvalue weighted by Gasteiger charge is 2.11. The van der Waals surface area contributed by atoms with Gasteiger partial charge in [0.1, 0.15) is 6.34 Å². The molecule has 1 aliphatic heterocycles. The fourth-order valence-corrected chi connectivity index (χ4v) is 1.08. The van der Waals surface area contributed by atoms with Crippen LogP contribution in [0.2, 0.25) is 0 Å². The minimum atomic E-state index is -0.253. The largest absolute Gasteiger partial charge is 0.388 e. The molecular weight excluding hydrogens is 294 g/mol. The molecule has 90 valence electrons. The average Bonchev–Trinajstić information content (AvgIpc) is 2.18. The zero-order valence-electron chi connectivity index (χ0n) is 8.51. The van der Waals surface area contributed by atoms with E-state index in [0.717, 1.165) is 0 Å². The summed E-state index contributed by atoms with van der Waals surface area (Å²) in [7, 11) is 0. The Morgan fingerprint density at radius 3 is 2.94 bits per heavy atom. The summed E-state index contributed by atoms with van der Waals surface area (Å²) in [6.07, 6.45) is 3.50. The molecule has 6 nitrogen and oxygen atoms in total. The molecule has 0 fully saturated rings.